The zero-order valence-corrected chi connectivity index (χ0v) is 12.2. The van der Waals surface area contributed by atoms with Crippen molar-refractivity contribution in [2.45, 2.75) is 57.8 Å². The number of halogens is 3. The highest BCUT2D eigenvalue weighted by Crippen LogP contribution is 2.31. The Kier molecular flexibility index (Phi) is 6.24. The summed E-state index contributed by atoms with van der Waals surface area (Å²) in [4.78, 5) is 16.0. The van der Waals surface area contributed by atoms with Gasteiger partial charge in [-0.15, -0.1) is 13.2 Å². The number of amides is 1. The average molecular weight is 315 g/mol. The lowest BCUT2D eigenvalue weighted by Crippen LogP contribution is -2.41. The van der Waals surface area contributed by atoms with Crippen molar-refractivity contribution >= 4 is 6.09 Å². The van der Waals surface area contributed by atoms with Gasteiger partial charge in [-0.25, -0.2) is 4.79 Å². The number of alkyl halides is 3. The summed E-state index contributed by atoms with van der Waals surface area (Å²) in [6.07, 6.45) is -6.04. The zero-order chi connectivity index (χ0) is 16.1. The first-order valence-corrected chi connectivity index (χ1v) is 6.52. The van der Waals surface area contributed by atoms with Crippen LogP contribution in [-0.4, -0.2) is 43.5 Å². The van der Waals surface area contributed by atoms with Gasteiger partial charge < -0.3 is 9.47 Å². The Morgan fingerprint density at radius 3 is 2.29 bits per heavy atom. The molecule has 0 radical (unpaired) electrons. The highest BCUT2D eigenvalue weighted by atomic mass is 19.4. The highest BCUT2D eigenvalue weighted by molar-refractivity contribution is 5.66. The normalized spacial score (nSPS) is 22.6. The van der Waals surface area contributed by atoms with E-state index in [1.54, 1.807) is 20.8 Å². The molecule has 0 atom stereocenters. The summed E-state index contributed by atoms with van der Waals surface area (Å²) in [5.74, 6) is 0. The lowest BCUT2D eigenvalue weighted by molar-refractivity contribution is -0.357. The minimum absolute atomic E-state index is 0.0700. The average Bonchev–Trinajstić information content (AvgIpc) is 2.20. The van der Waals surface area contributed by atoms with Gasteiger partial charge in [0.2, 0.25) is 0 Å². The molecule has 0 unspecified atom stereocenters. The highest BCUT2D eigenvalue weighted by Gasteiger charge is 2.40. The summed E-state index contributed by atoms with van der Waals surface area (Å²) in [6.45, 7) is 5.36. The Labute approximate surface area is 120 Å². The molecule has 1 aliphatic carbocycles. The van der Waals surface area contributed by atoms with Crippen molar-refractivity contribution in [2.24, 2.45) is 0 Å². The Bertz CT molecular complexity index is 337. The topological polar surface area (TPSA) is 66.0 Å². The van der Waals surface area contributed by atoms with Crippen LogP contribution in [0.4, 0.5) is 18.0 Å². The minimum Gasteiger partial charge on any atom is -0.442 e. The predicted octanol–water partition coefficient (Wildman–Crippen LogP) is 2.53. The van der Waals surface area contributed by atoms with Crippen molar-refractivity contribution in [1.82, 2.24) is 5.48 Å². The van der Waals surface area contributed by atoms with Crippen LogP contribution in [0.15, 0.2) is 0 Å². The monoisotopic (exact) mass is 315 g/mol. The largest absolute Gasteiger partial charge is 0.522 e. The molecule has 1 N–H and O–H groups in total. The van der Waals surface area contributed by atoms with Crippen molar-refractivity contribution in [2.75, 3.05) is 13.2 Å². The molecule has 0 saturated heterocycles. The van der Waals surface area contributed by atoms with Crippen molar-refractivity contribution in [3.05, 3.63) is 0 Å². The third-order valence-corrected chi connectivity index (χ3v) is 2.45. The lowest BCUT2D eigenvalue weighted by Gasteiger charge is -2.34. The van der Waals surface area contributed by atoms with E-state index >= 15 is 0 Å². The first-order chi connectivity index (χ1) is 9.55. The van der Waals surface area contributed by atoms with Crippen molar-refractivity contribution in [3.63, 3.8) is 0 Å². The first kappa shape index (κ1) is 18.0. The number of nitrogens with one attached hydrogen (secondary N) is 1. The molecular weight excluding hydrogens is 295 g/mol. The van der Waals surface area contributed by atoms with E-state index in [0.717, 1.165) is 0 Å². The number of rotatable bonds is 6. The van der Waals surface area contributed by atoms with Gasteiger partial charge in [0.1, 0.15) is 5.60 Å². The standard InChI is InChI=1S/C12H20F3NO5/c1-11(2,3)21-10(17)16-19-5-4-18-8-6-9(7-8)20-12(13,14)15/h8-9H,4-7H2,1-3H3,(H,16,17). The summed E-state index contributed by atoms with van der Waals surface area (Å²) in [5.41, 5.74) is 1.45. The molecule has 0 aromatic heterocycles. The van der Waals surface area contributed by atoms with Crippen LogP contribution in [0.3, 0.4) is 0 Å². The third kappa shape index (κ3) is 8.74. The van der Waals surface area contributed by atoms with Crippen LogP contribution in [0.5, 0.6) is 0 Å². The number of hydroxylamine groups is 1. The van der Waals surface area contributed by atoms with Gasteiger partial charge in [-0.05, 0) is 20.8 Å². The summed E-state index contributed by atoms with van der Waals surface area (Å²) in [5, 5.41) is 0. The van der Waals surface area contributed by atoms with Crippen LogP contribution >= 0.6 is 0 Å². The van der Waals surface area contributed by atoms with Crippen LogP contribution < -0.4 is 5.48 Å². The smallest absolute Gasteiger partial charge is 0.442 e. The lowest BCUT2D eigenvalue weighted by atomic mass is 9.92. The Hall–Kier alpha value is -1.06. The predicted molar refractivity (Wildman–Crippen MR) is 65.2 cm³/mol. The zero-order valence-electron chi connectivity index (χ0n) is 12.2. The molecule has 21 heavy (non-hydrogen) atoms. The molecule has 1 fully saturated rings. The fourth-order valence-electron chi connectivity index (χ4n) is 1.60. The fraction of sp³-hybridized carbons (Fsp3) is 0.917. The molecule has 0 spiro atoms. The van der Waals surface area contributed by atoms with E-state index in [4.69, 9.17) is 14.3 Å². The SMILES string of the molecule is CC(C)(C)OC(=O)NOCCOC1CC(OC(F)(F)F)C1. The molecule has 0 aromatic rings. The third-order valence-electron chi connectivity index (χ3n) is 2.45. The number of ether oxygens (including phenoxy) is 3. The molecule has 1 aliphatic rings. The second kappa shape index (κ2) is 7.28. The quantitative estimate of drug-likeness (QED) is 0.603. The van der Waals surface area contributed by atoms with Crippen molar-refractivity contribution < 1.29 is 37.0 Å². The second-order valence-corrected chi connectivity index (χ2v) is 5.60. The molecule has 0 bridgehead atoms. The second-order valence-electron chi connectivity index (χ2n) is 5.60. The number of carbonyl (C=O) groups is 1. The number of carbonyl (C=O) groups excluding carboxylic acids is 1. The van der Waals surface area contributed by atoms with E-state index in [9.17, 15) is 18.0 Å². The fourth-order valence-corrected chi connectivity index (χ4v) is 1.60. The summed E-state index contributed by atoms with van der Waals surface area (Å²) in [6, 6.07) is 0. The summed E-state index contributed by atoms with van der Waals surface area (Å²) >= 11 is 0. The molecule has 9 heteroatoms. The number of hydrogen-bond donors (Lipinski definition) is 1. The van der Waals surface area contributed by atoms with Gasteiger partial charge in [-0.2, -0.15) is 5.48 Å². The maximum atomic E-state index is 11.9. The van der Waals surface area contributed by atoms with E-state index in [0.29, 0.717) is 0 Å². The van der Waals surface area contributed by atoms with Gasteiger partial charge in [-0.1, -0.05) is 0 Å². The maximum absolute atomic E-state index is 11.9. The Balaban J connectivity index is 1.96. The van der Waals surface area contributed by atoms with Crippen LogP contribution in [0.1, 0.15) is 33.6 Å². The van der Waals surface area contributed by atoms with E-state index < -0.39 is 24.2 Å². The Morgan fingerprint density at radius 1 is 1.14 bits per heavy atom. The molecule has 0 aromatic carbocycles. The molecule has 1 saturated carbocycles. The van der Waals surface area contributed by atoms with E-state index in [1.807, 2.05) is 0 Å². The van der Waals surface area contributed by atoms with Crippen LogP contribution in [0.2, 0.25) is 0 Å². The first-order valence-electron chi connectivity index (χ1n) is 6.52. The van der Waals surface area contributed by atoms with E-state index in [-0.39, 0.29) is 32.2 Å². The van der Waals surface area contributed by atoms with Crippen LogP contribution in [0.25, 0.3) is 0 Å². The van der Waals surface area contributed by atoms with Crippen molar-refractivity contribution in [3.8, 4) is 0 Å². The molecule has 124 valence electrons. The van der Waals surface area contributed by atoms with Crippen LogP contribution in [0, 0.1) is 0 Å². The number of hydrogen-bond acceptors (Lipinski definition) is 5. The van der Waals surface area contributed by atoms with Gasteiger partial charge >= 0.3 is 12.5 Å². The molecule has 6 nitrogen and oxygen atoms in total. The molecule has 1 rings (SSSR count). The molecule has 0 heterocycles. The summed E-state index contributed by atoms with van der Waals surface area (Å²) in [7, 11) is 0. The van der Waals surface area contributed by atoms with Crippen LogP contribution in [-0.2, 0) is 19.0 Å². The minimum atomic E-state index is -4.60. The van der Waals surface area contributed by atoms with Gasteiger partial charge in [-0.3, -0.25) is 9.57 Å². The van der Waals surface area contributed by atoms with Gasteiger partial charge in [0.25, 0.3) is 0 Å². The maximum Gasteiger partial charge on any atom is 0.522 e. The van der Waals surface area contributed by atoms with Gasteiger partial charge in [0.05, 0.1) is 25.4 Å². The molecule has 0 aliphatic heterocycles. The van der Waals surface area contributed by atoms with E-state index in [2.05, 4.69) is 10.2 Å². The molecule has 1 amide bonds. The van der Waals surface area contributed by atoms with E-state index in [1.165, 1.54) is 0 Å². The van der Waals surface area contributed by atoms with Gasteiger partial charge in [0.15, 0.2) is 0 Å². The summed E-state index contributed by atoms with van der Waals surface area (Å²) < 4.78 is 49.6. The molecular formula is C12H20F3NO5. The van der Waals surface area contributed by atoms with Gasteiger partial charge in [0, 0.05) is 12.8 Å². The Morgan fingerprint density at radius 2 is 1.76 bits per heavy atom. The van der Waals surface area contributed by atoms with Crippen molar-refractivity contribution in [1.29, 1.82) is 0 Å².